The Morgan fingerprint density at radius 2 is 2.13 bits per heavy atom. The first kappa shape index (κ1) is 13.9. The topological polar surface area (TPSA) is 65.2 Å². The van der Waals surface area contributed by atoms with E-state index in [0.29, 0.717) is 6.61 Å². The van der Waals surface area contributed by atoms with E-state index in [-0.39, 0.29) is 30.8 Å². The van der Waals surface area contributed by atoms with Crippen LogP contribution in [-0.4, -0.2) is 17.6 Å². The first-order valence-electron chi connectivity index (χ1n) is 4.55. The zero-order chi connectivity index (χ0) is 10.4. The molecule has 0 aromatic carbocycles. The first-order valence-corrected chi connectivity index (χ1v) is 4.55. The van der Waals surface area contributed by atoms with E-state index in [4.69, 9.17) is 10.5 Å². The van der Waals surface area contributed by atoms with E-state index < -0.39 is 0 Å². The molecule has 0 saturated carbocycles. The molecule has 0 radical (unpaired) electrons. The number of ether oxygens (including phenoxy) is 1. The van der Waals surface area contributed by atoms with Gasteiger partial charge in [0.2, 0.25) is 0 Å². The quantitative estimate of drug-likeness (QED) is 0.796. The van der Waals surface area contributed by atoms with Crippen LogP contribution in [0.1, 0.15) is 24.9 Å². The SMILES string of the molecule is CCOC(=O)C[C@@H](N)c1ccncc1.Cl. The largest absolute Gasteiger partial charge is 0.466 e. The number of aromatic nitrogens is 1. The van der Waals surface area contributed by atoms with Gasteiger partial charge in [0.05, 0.1) is 13.0 Å². The molecule has 4 nitrogen and oxygen atoms in total. The minimum Gasteiger partial charge on any atom is -0.466 e. The van der Waals surface area contributed by atoms with E-state index in [1.807, 2.05) is 0 Å². The lowest BCUT2D eigenvalue weighted by atomic mass is 10.1. The Hall–Kier alpha value is -1.13. The Morgan fingerprint density at radius 3 is 2.67 bits per heavy atom. The molecular weight excluding hydrogens is 216 g/mol. The van der Waals surface area contributed by atoms with Gasteiger partial charge in [0, 0.05) is 18.4 Å². The smallest absolute Gasteiger partial charge is 0.307 e. The second kappa shape index (κ2) is 7.20. The fraction of sp³-hybridized carbons (Fsp3) is 0.400. The van der Waals surface area contributed by atoms with Crippen molar-refractivity contribution in [3.8, 4) is 0 Å². The van der Waals surface area contributed by atoms with Crippen LogP contribution in [0.25, 0.3) is 0 Å². The van der Waals surface area contributed by atoms with Gasteiger partial charge in [0.1, 0.15) is 0 Å². The van der Waals surface area contributed by atoms with E-state index in [1.165, 1.54) is 0 Å². The molecule has 1 atom stereocenters. The molecule has 0 aliphatic rings. The third-order valence-corrected chi connectivity index (χ3v) is 1.83. The van der Waals surface area contributed by atoms with Crippen molar-refractivity contribution < 1.29 is 9.53 Å². The highest BCUT2D eigenvalue weighted by molar-refractivity contribution is 5.85. The van der Waals surface area contributed by atoms with Crippen molar-refractivity contribution >= 4 is 18.4 Å². The summed E-state index contributed by atoms with van der Waals surface area (Å²) in [7, 11) is 0. The monoisotopic (exact) mass is 230 g/mol. The van der Waals surface area contributed by atoms with Crippen molar-refractivity contribution in [1.82, 2.24) is 4.98 Å². The molecule has 0 aliphatic carbocycles. The van der Waals surface area contributed by atoms with Gasteiger partial charge in [-0.1, -0.05) is 0 Å². The molecule has 0 bridgehead atoms. The predicted molar refractivity (Wildman–Crippen MR) is 59.7 cm³/mol. The molecule has 15 heavy (non-hydrogen) atoms. The van der Waals surface area contributed by atoms with Crippen molar-refractivity contribution in [3.63, 3.8) is 0 Å². The lowest BCUT2D eigenvalue weighted by Crippen LogP contribution is -2.17. The highest BCUT2D eigenvalue weighted by Crippen LogP contribution is 2.12. The maximum Gasteiger partial charge on any atom is 0.307 e. The molecule has 0 saturated heterocycles. The zero-order valence-corrected chi connectivity index (χ0v) is 9.37. The van der Waals surface area contributed by atoms with Crippen LogP contribution in [0.3, 0.4) is 0 Å². The maximum absolute atomic E-state index is 11.1. The molecule has 0 fully saturated rings. The molecule has 1 aromatic heterocycles. The molecule has 1 aromatic rings. The van der Waals surface area contributed by atoms with Crippen molar-refractivity contribution in [1.29, 1.82) is 0 Å². The third kappa shape index (κ3) is 4.76. The average Bonchev–Trinajstić information content (AvgIpc) is 2.19. The van der Waals surface area contributed by atoms with Crippen LogP contribution in [0.15, 0.2) is 24.5 Å². The maximum atomic E-state index is 11.1. The van der Waals surface area contributed by atoms with Crippen LogP contribution in [0, 0.1) is 0 Å². The highest BCUT2D eigenvalue weighted by atomic mass is 35.5. The second-order valence-corrected chi connectivity index (χ2v) is 2.90. The Kier molecular flexibility index (Phi) is 6.66. The number of hydrogen-bond donors (Lipinski definition) is 1. The number of hydrogen-bond acceptors (Lipinski definition) is 4. The van der Waals surface area contributed by atoms with Crippen LogP contribution < -0.4 is 5.73 Å². The molecular formula is C10H15ClN2O2. The fourth-order valence-electron chi connectivity index (χ4n) is 1.13. The van der Waals surface area contributed by atoms with Crippen LogP contribution >= 0.6 is 12.4 Å². The number of nitrogens with two attached hydrogens (primary N) is 1. The molecule has 84 valence electrons. The van der Waals surface area contributed by atoms with E-state index in [9.17, 15) is 4.79 Å². The minimum absolute atomic E-state index is 0. The van der Waals surface area contributed by atoms with E-state index in [1.54, 1.807) is 31.5 Å². The number of rotatable bonds is 4. The highest BCUT2D eigenvalue weighted by Gasteiger charge is 2.11. The fourth-order valence-corrected chi connectivity index (χ4v) is 1.13. The third-order valence-electron chi connectivity index (χ3n) is 1.83. The summed E-state index contributed by atoms with van der Waals surface area (Å²) in [6.07, 6.45) is 3.51. The molecule has 0 spiro atoms. The number of halogens is 1. The lowest BCUT2D eigenvalue weighted by Gasteiger charge is -2.10. The van der Waals surface area contributed by atoms with Crippen LogP contribution in [0.2, 0.25) is 0 Å². The van der Waals surface area contributed by atoms with Gasteiger partial charge in [-0.2, -0.15) is 0 Å². The molecule has 0 unspecified atom stereocenters. The van der Waals surface area contributed by atoms with E-state index >= 15 is 0 Å². The number of esters is 1. The Balaban J connectivity index is 0.00000196. The van der Waals surface area contributed by atoms with Crippen molar-refractivity contribution in [2.75, 3.05) is 6.61 Å². The van der Waals surface area contributed by atoms with Gasteiger partial charge < -0.3 is 10.5 Å². The summed E-state index contributed by atoms with van der Waals surface area (Å²) in [5.41, 5.74) is 6.69. The van der Waals surface area contributed by atoms with Crippen molar-refractivity contribution in [2.45, 2.75) is 19.4 Å². The summed E-state index contributed by atoms with van der Waals surface area (Å²) >= 11 is 0. The Bertz CT molecular complexity index is 293. The molecule has 1 heterocycles. The summed E-state index contributed by atoms with van der Waals surface area (Å²) in [4.78, 5) is 15.0. The second-order valence-electron chi connectivity index (χ2n) is 2.90. The standard InChI is InChI=1S/C10H14N2O2.ClH/c1-2-14-10(13)7-9(11)8-3-5-12-6-4-8;/h3-6,9H,2,7,11H2,1H3;1H/t9-;/m1./s1. The number of nitrogens with zero attached hydrogens (tertiary/aromatic N) is 1. The number of carbonyl (C=O) groups excluding carboxylic acids is 1. The lowest BCUT2D eigenvalue weighted by molar-refractivity contribution is -0.143. The predicted octanol–water partition coefficient (Wildman–Crippen LogP) is 1.46. The zero-order valence-electron chi connectivity index (χ0n) is 8.55. The first-order chi connectivity index (χ1) is 6.74. The van der Waals surface area contributed by atoms with Gasteiger partial charge in [-0.3, -0.25) is 9.78 Å². The average molecular weight is 231 g/mol. The summed E-state index contributed by atoms with van der Waals surface area (Å²) in [6.45, 7) is 2.16. The minimum atomic E-state index is -0.308. The summed E-state index contributed by atoms with van der Waals surface area (Å²) < 4.78 is 4.80. The van der Waals surface area contributed by atoms with E-state index in [0.717, 1.165) is 5.56 Å². The van der Waals surface area contributed by atoms with Gasteiger partial charge in [0.25, 0.3) is 0 Å². The Labute approximate surface area is 95.2 Å². The van der Waals surface area contributed by atoms with Gasteiger partial charge in [0.15, 0.2) is 0 Å². The van der Waals surface area contributed by atoms with Gasteiger partial charge in [-0.05, 0) is 24.6 Å². The molecule has 1 rings (SSSR count). The van der Waals surface area contributed by atoms with Crippen LogP contribution in [0.5, 0.6) is 0 Å². The molecule has 5 heteroatoms. The summed E-state index contributed by atoms with van der Waals surface area (Å²) in [6, 6.07) is 3.28. The number of pyridine rings is 1. The van der Waals surface area contributed by atoms with Crippen LogP contribution in [0.4, 0.5) is 0 Å². The molecule has 0 amide bonds. The van der Waals surface area contributed by atoms with Gasteiger partial charge in [-0.15, -0.1) is 12.4 Å². The summed E-state index contributed by atoms with van der Waals surface area (Å²) in [5.74, 6) is -0.267. The van der Waals surface area contributed by atoms with Gasteiger partial charge >= 0.3 is 5.97 Å². The van der Waals surface area contributed by atoms with Gasteiger partial charge in [-0.25, -0.2) is 0 Å². The number of carbonyl (C=O) groups is 1. The normalized spacial score (nSPS) is 11.3. The molecule has 0 aliphatic heterocycles. The van der Waals surface area contributed by atoms with Crippen LogP contribution in [-0.2, 0) is 9.53 Å². The van der Waals surface area contributed by atoms with Crippen molar-refractivity contribution in [2.24, 2.45) is 5.73 Å². The summed E-state index contributed by atoms with van der Waals surface area (Å²) in [5, 5.41) is 0. The van der Waals surface area contributed by atoms with E-state index in [2.05, 4.69) is 4.98 Å². The Morgan fingerprint density at radius 1 is 1.53 bits per heavy atom. The van der Waals surface area contributed by atoms with Crippen molar-refractivity contribution in [3.05, 3.63) is 30.1 Å². The molecule has 2 N–H and O–H groups in total.